The Kier molecular flexibility index (Phi) is 4.76. The van der Waals surface area contributed by atoms with E-state index in [0.29, 0.717) is 18.4 Å². The Morgan fingerprint density at radius 1 is 1.05 bits per heavy atom. The molecule has 1 aromatic heterocycles. The average Bonchev–Trinajstić information content (AvgIpc) is 2.97. The van der Waals surface area contributed by atoms with Crippen molar-refractivity contribution in [2.75, 3.05) is 12.5 Å². The van der Waals surface area contributed by atoms with Gasteiger partial charge in [-0.1, -0.05) is 24.3 Å². The zero-order valence-electron chi connectivity index (χ0n) is 12.0. The van der Waals surface area contributed by atoms with Crippen LogP contribution in [0.25, 0.3) is 23.3 Å². The molecule has 0 saturated heterocycles. The van der Waals surface area contributed by atoms with E-state index in [-0.39, 0.29) is 0 Å². The number of nitrogens with zero attached hydrogens (tertiary/aromatic N) is 1. The third-order valence-corrected chi connectivity index (χ3v) is 3.42. The van der Waals surface area contributed by atoms with Crippen LogP contribution in [0.15, 0.2) is 52.9 Å². The van der Waals surface area contributed by atoms with Crippen LogP contribution in [-0.2, 0) is 0 Å². The van der Waals surface area contributed by atoms with E-state index in [9.17, 15) is 0 Å². The highest BCUT2D eigenvalue weighted by Gasteiger charge is 2.01. The van der Waals surface area contributed by atoms with Crippen molar-refractivity contribution in [1.82, 2.24) is 4.98 Å². The Bertz CT molecular complexity index is 729. The Morgan fingerprint density at radius 3 is 2.64 bits per heavy atom. The molecule has 0 saturated carbocycles. The first-order valence-corrected chi connectivity index (χ1v) is 7.71. The lowest BCUT2D eigenvalue weighted by atomic mass is 10.2. The molecule has 0 aliphatic heterocycles. The first kappa shape index (κ1) is 14.7. The van der Waals surface area contributed by atoms with E-state index in [2.05, 4.69) is 4.98 Å². The van der Waals surface area contributed by atoms with Gasteiger partial charge in [0.2, 0.25) is 5.89 Å². The van der Waals surface area contributed by atoms with E-state index >= 15 is 0 Å². The number of para-hydroxylation sites is 2. The second-order valence-corrected chi connectivity index (χ2v) is 5.19. The highest BCUT2D eigenvalue weighted by Crippen LogP contribution is 2.18. The van der Waals surface area contributed by atoms with Gasteiger partial charge in [0, 0.05) is 12.0 Å². The summed E-state index contributed by atoms with van der Waals surface area (Å²) in [7, 11) is 0. The minimum Gasteiger partial charge on any atom is -0.494 e. The van der Waals surface area contributed by atoms with Gasteiger partial charge in [-0.15, -0.1) is 11.6 Å². The molecule has 0 aliphatic carbocycles. The molecule has 0 radical (unpaired) electrons. The van der Waals surface area contributed by atoms with Crippen LogP contribution in [0.4, 0.5) is 0 Å². The molecule has 2 aromatic carbocycles. The molecule has 3 aromatic rings. The number of alkyl halides is 1. The SMILES string of the molecule is ClCCCOc1ccc(/C=C/c2nc3ccccc3o2)cc1. The molecule has 3 rings (SSSR count). The van der Waals surface area contributed by atoms with Gasteiger partial charge in [-0.05, 0) is 42.3 Å². The third kappa shape index (κ3) is 3.68. The first-order chi connectivity index (χ1) is 10.8. The number of hydrogen-bond donors (Lipinski definition) is 0. The van der Waals surface area contributed by atoms with E-state index < -0.39 is 0 Å². The Labute approximate surface area is 134 Å². The van der Waals surface area contributed by atoms with Crippen molar-refractivity contribution in [1.29, 1.82) is 0 Å². The van der Waals surface area contributed by atoms with Gasteiger partial charge in [0.15, 0.2) is 5.58 Å². The lowest BCUT2D eigenvalue weighted by molar-refractivity contribution is 0.318. The molecule has 0 bridgehead atoms. The fourth-order valence-electron chi connectivity index (χ4n) is 2.05. The summed E-state index contributed by atoms with van der Waals surface area (Å²) in [5, 5.41) is 0. The molecule has 0 unspecified atom stereocenters. The van der Waals surface area contributed by atoms with Crippen molar-refractivity contribution in [2.45, 2.75) is 6.42 Å². The van der Waals surface area contributed by atoms with E-state index in [0.717, 1.165) is 28.8 Å². The van der Waals surface area contributed by atoms with E-state index in [1.807, 2.05) is 60.7 Å². The molecule has 0 amide bonds. The summed E-state index contributed by atoms with van der Waals surface area (Å²) in [6.45, 7) is 0.640. The van der Waals surface area contributed by atoms with Crippen molar-refractivity contribution >= 4 is 34.9 Å². The number of rotatable bonds is 6. The van der Waals surface area contributed by atoms with Crippen LogP contribution < -0.4 is 4.74 Å². The molecule has 0 aliphatic rings. The maximum absolute atomic E-state index is 5.64. The van der Waals surface area contributed by atoms with Gasteiger partial charge in [-0.25, -0.2) is 4.98 Å². The molecular weight excluding hydrogens is 298 g/mol. The molecule has 0 fully saturated rings. The number of hydrogen-bond acceptors (Lipinski definition) is 3. The molecule has 1 heterocycles. The molecule has 0 spiro atoms. The zero-order chi connectivity index (χ0) is 15.2. The van der Waals surface area contributed by atoms with Crippen LogP contribution in [0.3, 0.4) is 0 Å². The van der Waals surface area contributed by atoms with Crippen molar-refractivity contribution in [3.05, 3.63) is 60.0 Å². The van der Waals surface area contributed by atoms with Crippen molar-refractivity contribution in [2.24, 2.45) is 0 Å². The van der Waals surface area contributed by atoms with E-state index in [1.165, 1.54) is 0 Å². The van der Waals surface area contributed by atoms with Gasteiger partial charge in [-0.3, -0.25) is 0 Å². The average molecular weight is 314 g/mol. The molecule has 0 N–H and O–H groups in total. The highest BCUT2D eigenvalue weighted by atomic mass is 35.5. The topological polar surface area (TPSA) is 35.3 Å². The number of benzene rings is 2. The number of oxazole rings is 1. The zero-order valence-corrected chi connectivity index (χ0v) is 12.8. The lowest BCUT2D eigenvalue weighted by Gasteiger charge is -2.04. The summed E-state index contributed by atoms with van der Waals surface area (Å²) in [6.07, 6.45) is 4.68. The summed E-state index contributed by atoms with van der Waals surface area (Å²) in [5.74, 6) is 2.07. The third-order valence-electron chi connectivity index (χ3n) is 3.16. The molecule has 112 valence electrons. The Hall–Kier alpha value is -2.26. The largest absolute Gasteiger partial charge is 0.494 e. The van der Waals surface area contributed by atoms with Crippen molar-refractivity contribution in [3.63, 3.8) is 0 Å². The normalized spacial score (nSPS) is 11.3. The molecule has 4 heteroatoms. The number of aromatic nitrogens is 1. The maximum atomic E-state index is 5.64. The molecule has 22 heavy (non-hydrogen) atoms. The standard InChI is InChI=1S/C18H16ClNO2/c19-12-3-13-21-15-9-6-14(7-10-15)8-11-18-20-16-4-1-2-5-17(16)22-18/h1-2,4-11H,3,12-13H2/b11-8+. The maximum Gasteiger partial charge on any atom is 0.220 e. The van der Waals surface area contributed by atoms with Crippen LogP contribution in [0.1, 0.15) is 17.9 Å². The van der Waals surface area contributed by atoms with Gasteiger partial charge < -0.3 is 9.15 Å². The minimum absolute atomic E-state index is 0.601. The van der Waals surface area contributed by atoms with Crippen LogP contribution in [0.5, 0.6) is 5.75 Å². The predicted octanol–water partition coefficient (Wildman–Crippen LogP) is 5.01. The number of fused-ring (bicyclic) bond motifs is 1. The van der Waals surface area contributed by atoms with Crippen molar-refractivity contribution in [3.8, 4) is 5.75 Å². The van der Waals surface area contributed by atoms with E-state index in [1.54, 1.807) is 0 Å². The number of halogens is 1. The highest BCUT2D eigenvalue weighted by molar-refractivity contribution is 6.17. The monoisotopic (exact) mass is 313 g/mol. The Morgan fingerprint density at radius 2 is 1.86 bits per heavy atom. The first-order valence-electron chi connectivity index (χ1n) is 7.17. The fraction of sp³-hybridized carbons (Fsp3) is 0.167. The van der Waals surface area contributed by atoms with Crippen LogP contribution >= 0.6 is 11.6 Å². The second kappa shape index (κ2) is 7.14. The van der Waals surface area contributed by atoms with Crippen LogP contribution in [0, 0.1) is 0 Å². The fourth-order valence-corrected chi connectivity index (χ4v) is 2.16. The summed E-state index contributed by atoms with van der Waals surface area (Å²) >= 11 is 5.62. The van der Waals surface area contributed by atoms with Crippen molar-refractivity contribution < 1.29 is 9.15 Å². The summed E-state index contributed by atoms with van der Waals surface area (Å²) in [5.41, 5.74) is 2.72. The quantitative estimate of drug-likeness (QED) is 0.474. The molecule has 3 nitrogen and oxygen atoms in total. The summed E-state index contributed by atoms with van der Waals surface area (Å²) in [4.78, 5) is 4.40. The van der Waals surface area contributed by atoms with Crippen LogP contribution in [-0.4, -0.2) is 17.5 Å². The van der Waals surface area contributed by atoms with Gasteiger partial charge in [-0.2, -0.15) is 0 Å². The smallest absolute Gasteiger partial charge is 0.220 e. The van der Waals surface area contributed by atoms with Gasteiger partial charge in [0.25, 0.3) is 0 Å². The van der Waals surface area contributed by atoms with Crippen LogP contribution in [0.2, 0.25) is 0 Å². The summed E-state index contributed by atoms with van der Waals surface area (Å²) < 4.78 is 11.2. The number of ether oxygens (including phenoxy) is 1. The second-order valence-electron chi connectivity index (χ2n) is 4.81. The van der Waals surface area contributed by atoms with Gasteiger partial charge in [0.1, 0.15) is 11.3 Å². The minimum atomic E-state index is 0.601. The molecular formula is C18H16ClNO2. The summed E-state index contributed by atoms with van der Waals surface area (Å²) in [6, 6.07) is 15.6. The lowest BCUT2D eigenvalue weighted by Crippen LogP contribution is -1.97. The van der Waals surface area contributed by atoms with Gasteiger partial charge in [0.05, 0.1) is 6.61 Å². The van der Waals surface area contributed by atoms with E-state index in [4.69, 9.17) is 20.8 Å². The predicted molar refractivity (Wildman–Crippen MR) is 90.2 cm³/mol. The molecule has 0 atom stereocenters. The Balaban J connectivity index is 1.67. The van der Waals surface area contributed by atoms with Gasteiger partial charge >= 0.3 is 0 Å².